The van der Waals surface area contributed by atoms with Crippen LogP contribution in [-0.4, -0.2) is 10.8 Å². The number of benzene rings is 1. The normalized spacial score (nSPS) is 10.3. The maximum Gasteiger partial charge on any atom is 0.433 e. The number of carbonyl (C=O) groups excluding carboxylic acids is 1. The van der Waals surface area contributed by atoms with Crippen LogP contribution in [0.25, 0.3) is 0 Å². The molecule has 1 amide bonds. The van der Waals surface area contributed by atoms with Crippen LogP contribution in [0.4, 0.5) is 11.6 Å². The van der Waals surface area contributed by atoms with Gasteiger partial charge in [-0.2, -0.15) is 0 Å². The SMILES string of the molecule is Cc1cc(C)c(NC(=O)c2ccc([N+](=O)[O-])o2)c(C)c1. The third-order valence-corrected chi connectivity index (χ3v) is 2.91. The van der Waals surface area contributed by atoms with Crippen LogP contribution < -0.4 is 5.32 Å². The molecule has 0 saturated heterocycles. The zero-order valence-corrected chi connectivity index (χ0v) is 11.4. The molecule has 0 fully saturated rings. The van der Waals surface area contributed by atoms with Crippen molar-refractivity contribution >= 4 is 17.5 Å². The van der Waals surface area contributed by atoms with Crippen molar-refractivity contribution < 1.29 is 14.1 Å². The minimum atomic E-state index is -0.681. The number of hydrogen-bond donors (Lipinski definition) is 1. The first-order valence-electron chi connectivity index (χ1n) is 6.02. The number of furan rings is 1. The fourth-order valence-electron chi connectivity index (χ4n) is 2.10. The molecule has 6 heteroatoms. The Morgan fingerprint density at radius 3 is 2.30 bits per heavy atom. The van der Waals surface area contributed by atoms with Gasteiger partial charge in [0.25, 0.3) is 5.91 Å². The minimum Gasteiger partial charge on any atom is -0.395 e. The van der Waals surface area contributed by atoms with Crippen molar-refractivity contribution in [2.45, 2.75) is 20.8 Å². The second-order valence-corrected chi connectivity index (χ2v) is 4.62. The van der Waals surface area contributed by atoms with E-state index in [1.807, 2.05) is 32.9 Å². The third-order valence-electron chi connectivity index (χ3n) is 2.91. The lowest BCUT2D eigenvalue weighted by Gasteiger charge is -2.11. The lowest BCUT2D eigenvalue weighted by atomic mass is 10.1. The maximum atomic E-state index is 12.0. The summed E-state index contributed by atoms with van der Waals surface area (Å²) in [5.41, 5.74) is 3.65. The van der Waals surface area contributed by atoms with Crippen LogP contribution in [0.5, 0.6) is 0 Å². The van der Waals surface area contributed by atoms with Crippen LogP contribution in [0.15, 0.2) is 28.7 Å². The highest BCUT2D eigenvalue weighted by molar-refractivity contribution is 6.03. The van der Waals surface area contributed by atoms with Crippen molar-refractivity contribution in [2.75, 3.05) is 5.32 Å². The number of nitrogens with one attached hydrogen (secondary N) is 1. The highest BCUT2D eigenvalue weighted by atomic mass is 16.6. The van der Waals surface area contributed by atoms with Crippen molar-refractivity contribution in [3.8, 4) is 0 Å². The summed E-state index contributed by atoms with van der Waals surface area (Å²) in [5, 5.41) is 13.2. The van der Waals surface area contributed by atoms with E-state index in [1.165, 1.54) is 6.07 Å². The van der Waals surface area contributed by atoms with E-state index in [2.05, 4.69) is 5.32 Å². The molecule has 1 aromatic heterocycles. The quantitative estimate of drug-likeness (QED) is 0.686. The predicted octanol–water partition coefficient (Wildman–Crippen LogP) is 3.37. The third kappa shape index (κ3) is 2.69. The molecule has 0 bridgehead atoms. The van der Waals surface area contributed by atoms with E-state index in [9.17, 15) is 14.9 Å². The first kappa shape index (κ1) is 13.8. The maximum absolute atomic E-state index is 12.0. The molecule has 0 atom stereocenters. The van der Waals surface area contributed by atoms with Gasteiger partial charge >= 0.3 is 5.88 Å². The van der Waals surface area contributed by atoms with E-state index in [0.717, 1.165) is 22.8 Å². The van der Waals surface area contributed by atoms with Gasteiger partial charge in [0, 0.05) is 5.69 Å². The second kappa shape index (κ2) is 5.16. The van der Waals surface area contributed by atoms with Crippen LogP contribution in [0.2, 0.25) is 0 Å². The molecule has 0 aliphatic carbocycles. The van der Waals surface area contributed by atoms with Gasteiger partial charge in [-0.1, -0.05) is 17.7 Å². The van der Waals surface area contributed by atoms with Gasteiger partial charge in [-0.15, -0.1) is 0 Å². The van der Waals surface area contributed by atoms with Gasteiger partial charge in [-0.3, -0.25) is 14.9 Å². The lowest BCUT2D eigenvalue weighted by Crippen LogP contribution is -2.13. The van der Waals surface area contributed by atoms with Crippen LogP contribution in [0.3, 0.4) is 0 Å². The molecule has 1 aromatic carbocycles. The lowest BCUT2D eigenvalue weighted by molar-refractivity contribution is -0.402. The van der Waals surface area contributed by atoms with Gasteiger partial charge < -0.3 is 9.73 Å². The van der Waals surface area contributed by atoms with Gasteiger partial charge in [-0.25, -0.2) is 0 Å². The molecule has 20 heavy (non-hydrogen) atoms. The fraction of sp³-hybridized carbons (Fsp3) is 0.214. The molecule has 0 saturated carbocycles. The Bertz CT molecular complexity index is 665. The molecule has 6 nitrogen and oxygen atoms in total. The highest BCUT2D eigenvalue weighted by Gasteiger charge is 2.18. The minimum absolute atomic E-state index is 0.0870. The monoisotopic (exact) mass is 274 g/mol. The van der Waals surface area contributed by atoms with E-state index in [0.29, 0.717) is 5.69 Å². The van der Waals surface area contributed by atoms with Gasteiger partial charge in [0.05, 0.1) is 6.07 Å². The molecular formula is C14H14N2O4. The smallest absolute Gasteiger partial charge is 0.395 e. The van der Waals surface area contributed by atoms with Gasteiger partial charge in [0.2, 0.25) is 0 Å². The molecule has 0 spiro atoms. The standard InChI is InChI=1S/C14H14N2O4/c1-8-6-9(2)13(10(3)7-8)15-14(17)11-4-5-12(20-11)16(18)19/h4-7H,1-3H3,(H,15,17). The average Bonchev–Trinajstić information content (AvgIpc) is 2.83. The fourth-order valence-corrected chi connectivity index (χ4v) is 2.10. The molecule has 1 heterocycles. The number of hydrogen-bond acceptors (Lipinski definition) is 4. The average molecular weight is 274 g/mol. The Morgan fingerprint density at radius 1 is 1.20 bits per heavy atom. The van der Waals surface area contributed by atoms with Crippen LogP contribution in [-0.2, 0) is 0 Å². The topological polar surface area (TPSA) is 85.4 Å². The summed E-state index contributed by atoms with van der Waals surface area (Å²) in [7, 11) is 0. The van der Waals surface area contributed by atoms with Crippen molar-refractivity contribution in [3.05, 3.63) is 56.8 Å². The number of anilines is 1. The summed E-state index contributed by atoms with van der Waals surface area (Å²) in [5.74, 6) is -1.04. The van der Waals surface area contributed by atoms with E-state index in [4.69, 9.17) is 4.42 Å². The Labute approximate surface area is 115 Å². The van der Waals surface area contributed by atoms with Crippen LogP contribution >= 0.6 is 0 Å². The molecule has 0 unspecified atom stereocenters. The van der Waals surface area contributed by atoms with Gasteiger partial charge in [0.1, 0.15) is 4.92 Å². The Balaban J connectivity index is 2.25. The van der Waals surface area contributed by atoms with Crippen LogP contribution in [0.1, 0.15) is 27.2 Å². The van der Waals surface area contributed by atoms with Crippen LogP contribution in [0, 0.1) is 30.9 Å². The summed E-state index contributed by atoms with van der Waals surface area (Å²) in [6.45, 7) is 5.75. The van der Waals surface area contributed by atoms with Crippen molar-refractivity contribution in [3.63, 3.8) is 0 Å². The first-order chi connectivity index (χ1) is 9.38. The van der Waals surface area contributed by atoms with E-state index in [1.54, 1.807) is 0 Å². The predicted molar refractivity (Wildman–Crippen MR) is 74.0 cm³/mol. The molecule has 2 aromatic rings. The van der Waals surface area contributed by atoms with Crippen molar-refractivity contribution in [1.82, 2.24) is 0 Å². The van der Waals surface area contributed by atoms with Gasteiger partial charge in [0.15, 0.2) is 5.76 Å². The number of amides is 1. The summed E-state index contributed by atoms with van der Waals surface area (Å²) >= 11 is 0. The number of aryl methyl sites for hydroxylation is 3. The molecule has 0 aliphatic rings. The molecule has 104 valence electrons. The molecule has 0 aliphatic heterocycles. The first-order valence-corrected chi connectivity index (χ1v) is 6.02. The zero-order chi connectivity index (χ0) is 14.9. The number of nitrogens with zero attached hydrogens (tertiary/aromatic N) is 1. The summed E-state index contributed by atoms with van der Waals surface area (Å²) < 4.78 is 4.87. The molecule has 0 radical (unpaired) electrons. The number of rotatable bonds is 3. The molecular weight excluding hydrogens is 260 g/mol. The molecule has 2 rings (SSSR count). The summed E-state index contributed by atoms with van der Waals surface area (Å²) in [4.78, 5) is 21.9. The van der Waals surface area contributed by atoms with Crippen molar-refractivity contribution in [1.29, 1.82) is 0 Å². The van der Waals surface area contributed by atoms with E-state index in [-0.39, 0.29) is 5.76 Å². The van der Waals surface area contributed by atoms with E-state index >= 15 is 0 Å². The summed E-state index contributed by atoms with van der Waals surface area (Å²) in [6, 6.07) is 6.34. The largest absolute Gasteiger partial charge is 0.433 e. The Morgan fingerprint density at radius 2 is 1.80 bits per heavy atom. The second-order valence-electron chi connectivity index (χ2n) is 4.62. The van der Waals surface area contributed by atoms with E-state index < -0.39 is 16.7 Å². The number of nitro groups is 1. The Kier molecular flexibility index (Phi) is 3.56. The summed E-state index contributed by atoms with van der Waals surface area (Å²) in [6.07, 6.45) is 0. The molecule has 1 N–H and O–H groups in total. The number of carbonyl (C=O) groups is 1. The van der Waals surface area contributed by atoms with Crippen molar-refractivity contribution in [2.24, 2.45) is 0 Å². The van der Waals surface area contributed by atoms with Gasteiger partial charge in [-0.05, 0) is 38.0 Å². The Hall–Kier alpha value is -2.63. The zero-order valence-electron chi connectivity index (χ0n) is 11.4. The highest BCUT2D eigenvalue weighted by Crippen LogP contribution is 2.23.